The molecule has 1 amide bonds. The number of carbonyl (C=O) groups excluding carboxylic acids is 1. The number of aromatic nitrogens is 3. The van der Waals surface area contributed by atoms with E-state index in [4.69, 9.17) is 4.74 Å². The van der Waals surface area contributed by atoms with Gasteiger partial charge >= 0.3 is 0 Å². The van der Waals surface area contributed by atoms with E-state index in [0.717, 1.165) is 0 Å². The van der Waals surface area contributed by atoms with Crippen LogP contribution < -0.4 is 5.32 Å². The number of rotatable bonds is 9. The quantitative estimate of drug-likeness (QED) is 0.320. The van der Waals surface area contributed by atoms with E-state index >= 15 is 4.39 Å². The first-order valence-corrected chi connectivity index (χ1v) is 11.3. The Kier molecular flexibility index (Phi) is 7.98. The van der Waals surface area contributed by atoms with Crippen molar-refractivity contribution in [2.24, 2.45) is 0 Å². The first-order valence-electron chi connectivity index (χ1n) is 11.3. The molecule has 3 N–H and O–H groups in total. The van der Waals surface area contributed by atoms with Crippen LogP contribution in [0.2, 0.25) is 0 Å². The molecule has 0 fully saturated rings. The number of amides is 1. The van der Waals surface area contributed by atoms with Crippen molar-refractivity contribution in [2.45, 2.75) is 18.6 Å². The smallest absolute Gasteiger partial charge is 0.252 e. The molecule has 0 aliphatic rings. The maximum atomic E-state index is 15.0. The van der Waals surface area contributed by atoms with Gasteiger partial charge < -0.3 is 15.2 Å². The summed E-state index contributed by atoms with van der Waals surface area (Å²) in [6, 6.07) is 15.8. The summed E-state index contributed by atoms with van der Waals surface area (Å²) in [4.78, 5) is 17.6. The minimum absolute atomic E-state index is 0.00636. The van der Waals surface area contributed by atoms with Gasteiger partial charge in [-0.05, 0) is 54.6 Å². The average Bonchev–Trinajstić information content (AvgIpc) is 3.39. The third-order valence-electron chi connectivity index (χ3n) is 5.92. The van der Waals surface area contributed by atoms with Gasteiger partial charge in [-0.3, -0.25) is 14.9 Å². The lowest BCUT2D eigenvalue weighted by atomic mass is 9.99. The van der Waals surface area contributed by atoms with Gasteiger partial charge in [0.1, 0.15) is 23.8 Å². The van der Waals surface area contributed by atoms with Gasteiger partial charge in [0.25, 0.3) is 5.91 Å². The lowest BCUT2D eigenvalue weighted by Crippen LogP contribution is -2.47. The molecular formula is C27H23F2N5O3. The summed E-state index contributed by atoms with van der Waals surface area (Å²) in [5, 5.41) is 29.0. The standard InChI is InChI=1S/C27H23F2N5O3/c1-37-25(15-35)23(12-21-17(14-30)4-3-11-31-21)32-27(36)19-5-2-6-20(29)26(19)24-13-22(33-34-24)16-7-9-18(28)10-8-16/h2-11,13,23,25,35H,12,15H2,1H3,(H,32,36)(H,33,34)/t23-,25-/m0/s1. The fraction of sp³-hybridized carbons (Fsp3) is 0.185. The Morgan fingerprint density at radius 3 is 2.68 bits per heavy atom. The molecule has 0 bridgehead atoms. The molecule has 0 aliphatic heterocycles. The SMILES string of the molecule is CO[C@@H](CO)[C@H](Cc1ncccc1C#N)NC(=O)c1cccc(F)c1-c1cc(-c2ccc(F)cc2)n[nH]1. The van der Waals surface area contributed by atoms with Gasteiger partial charge in [-0.1, -0.05) is 6.07 Å². The minimum Gasteiger partial charge on any atom is -0.394 e. The Labute approximate surface area is 211 Å². The van der Waals surface area contributed by atoms with Crippen LogP contribution in [0.4, 0.5) is 8.78 Å². The van der Waals surface area contributed by atoms with Crippen LogP contribution in [0.15, 0.2) is 66.9 Å². The van der Waals surface area contributed by atoms with E-state index in [1.807, 2.05) is 0 Å². The van der Waals surface area contributed by atoms with Crippen LogP contribution in [-0.2, 0) is 11.2 Å². The number of benzene rings is 2. The van der Waals surface area contributed by atoms with E-state index in [9.17, 15) is 19.6 Å². The summed E-state index contributed by atoms with van der Waals surface area (Å²) in [7, 11) is 1.39. The second kappa shape index (κ2) is 11.5. The summed E-state index contributed by atoms with van der Waals surface area (Å²) < 4.78 is 33.7. The number of hydrogen-bond donors (Lipinski definition) is 3. The van der Waals surface area contributed by atoms with E-state index < -0.39 is 36.3 Å². The normalized spacial score (nSPS) is 12.5. The number of hydrogen-bond acceptors (Lipinski definition) is 6. The third kappa shape index (κ3) is 5.69. The number of nitriles is 1. The number of ether oxygens (including phenoxy) is 1. The molecule has 2 aromatic carbocycles. The van der Waals surface area contributed by atoms with Gasteiger partial charge in [-0.15, -0.1) is 0 Å². The lowest BCUT2D eigenvalue weighted by Gasteiger charge is -2.26. The fourth-order valence-corrected chi connectivity index (χ4v) is 4.00. The van der Waals surface area contributed by atoms with E-state index in [2.05, 4.69) is 26.6 Å². The summed E-state index contributed by atoms with van der Waals surface area (Å²) >= 11 is 0. The Hall–Kier alpha value is -4.46. The number of halogens is 2. The van der Waals surface area contributed by atoms with E-state index in [-0.39, 0.29) is 23.2 Å². The Morgan fingerprint density at radius 1 is 1.19 bits per heavy atom. The van der Waals surface area contributed by atoms with Gasteiger partial charge in [0.15, 0.2) is 0 Å². The zero-order valence-corrected chi connectivity index (χ0v) is 19.8. The van der Waals surface area contributed by atoms with Crippen molar-refractivity contribution in [1.82, 2.24) is 20.5 Å². The molecule has 37 heavy (non-hydrogen) atoms. The maximum Gasteiger partial charge on any atom is 0.252 e. The van der Waals surface area contributed by atoms with Crippen molar-refractivity contribution in [1.29, 1.82) is 5.26 Å². The Bertz CT molecular complexity index is 1430. The minimum atomic E-state index is -0.813. The van der Waals surface area contributed by atoms with Crippen LogP contribution in [0.5, 0.6) is 0 Å². The molecule has 4 rings (SSSR count). The van der Waals surface area contributed by atoms with Gasteiger partial charge in [-0.2, -0.15) is 10.4 Å². The van der Waals surface area contributed by atoms with Crippen LogP contribution in [0.25, 0.3) is 22.5 Å². The van der Waals surface area contributed by atoms with Gasteiger partial charge in [0, 0.05) is 30.9 Å². The van der Waals surface area contributed by atoms with Crippen LogP contribution in [0, 0.1) is 23.0 Å². The van der Waals surface area contributed by atoms with E-state index in [0.29, 0.717) is 22.5 Å². The number of aliphatic hydroxyl groups is 1. The highest BCUT2D eigenvalue weighted by molar-refractivity contribution is 6.01. The summed E-state index contributed by atoms with van der Waals surface area (Å²) in [5.41, 5.74) is 2.07. The molecule has 0 aliphatic carbocycles. The zero-order valence-electron chi connectivity index (χ0n) is 19.8. The molecule has 0 spiro atoms. The molecule has 0 unspecified atom stereocenters. The second-order valence-corrected chi connectivity index (χ2v) is 8.19. The zero-order chi connectivity index (χ0) is 26.4. The molecule has 0 saturated heterocycles. The van der Waals surface area contributed by atoms with E-state index in [1.54, 1.807) is 30.3 Å². The monoisotopic (exact) mass is 503 g/mol. The third-order valence-corrected chi connectivity index (χ3v) is 5.92. The summed E-state index contributed by atoms with van der Waals surface area (Å²) in [5.74, 6) is -1.67. The largest absolute Gasteiger partial charge is 0.394 e. The Balaban J connectivity index is 1.66. The number of methoxy groups -OCH3 is 1. The number of aliphatic hydroxyl groups excluding tert-OH is 1. The van der Waals surface area contributed by atoms with Crippen LogP contribution in [0.3, 0.4) is 0 Å². The van der Waals surface area contributed by atoms with Crippen LogP contribution >= 0.6 is 0 Å². The number of H-pyrrole nitrogens is 1. The van der Waals surface area contributed by atoms with Crippen molar-refractivity contribution in [2.75, 3.05) is 13.7 Å². The number of aromatic amines is 1. The van der Waals surface area contributed by atoms with Crippen LogP contribution in [-0.4, -0.2) is 52.1 Å². The molecule has 8 nitrogen and oxygen atoms in total. The number of nitrogens with zero attached hydrogens (tertiary/aromatic N) is 3. The maximum absolute atomic E-state index is 15.0. The highest BCUT2D eigenvalue weighted by atomic mass is 19.1. The van der Waals surface area contributed by atoms with Crippen molar-refractivity contribution in [3.05, 3.63) is 95.3 Å². The molecule has 4 aromatic rings. The van der Waals surface area contributed by atoms with Crippen LogP contribution in [0.1, 0.15) is 21.6 Å². The summed E-state index contributed by atoms with van der Waals surface area (Å²) in [6.45, 7) is -0.409. The fourth-order valence-electron chi connectivity index (χ4n) is 4.00. The lowest BCUT2D eigenvalue weighted by molar-refractivity contribution is 0.0213. The molecule has 2 atom stereocenters. The average molecular weight is 504 g/mol. The summed E-state index contributed by atoms with van der Waals surface area (Å²) in [6.07, 6.45) is 0.807. The molecule has 0 radical (unpaired) electrons. The molecule has 2 heterocycles. The first kappa shape index (κ1) is 25.6. The predicted octanol–water partition coefficient (Wildman–Crippen LogP) is 3.64. The topological polar surface area (TPSA) is 124 Å². The highest BCUT2D eigenvalue weighted by Crippen LogP contribution is 2.29. The van der Waals surface area contributed by atoms with Gasteiger partial charge in [0.05, 0.1) is 40.9 Å². The Morgan fingerprint density at radius 2 is 1.97 bits per heavy atom. The molecule has 10 heteroatoms. The van der Waals surface area contributed by atoms with Gasteiger partial charge in [0.2, 0.25) is 0 Å². The predicted molar refractivity (Wildman–Crippen MR) is 131 cm³/mol. The van der Waals surface area contributed by atoms with Crippen molar-refractivity contribution in [3.8, 4) is 28.6 Å². The molecule has 188 valence electrons. The van der Waals surface area contributed by atoms with Crippen molar-refractivity contribution >= 4 is 5.91 Å². The number of pyridine rings is 1. The number of nitrogens with one attached hydrogen (secondary N) is 2. The van der Waals surface area contributed by atoms with Crippen molar-refractivity contribution in [3.63, 3.8) is 0 Å². The molecular weight excluding hydrogens is 480 g/mol. The van der Waals surface area contributed by atoms with E-state index in [1.165, 1.54) is 43.6 Å². The van der Waals surface area contributed by atoms with Crippen molar-refractivity contribution < 1.29 is 23.4 Å². The number of carbonyl (C=O) groups is 1. The van der Waals surface area contributed by atoms with Gasteiger partial charge in [-0.25, -0.2) is 8.78 Å². The molecule has 0 saturated carbocycles. The molecule has 2 aromatic heterocycles. The highest BCUT2D eigenvalue weighted by Gasteiger charge is 2.27. The second-order valence-electron chi connectivity index (χ2n) is 8.19. The first-order chi connectivity index (χ1) is 17.9.